The fourth-order valence-electron chi connectivity index (χ4n) is 8.99. The number of carbonyl (C=O) groups is 3. The molecule has 0 aromatic heterocycles. The summed E-state index contributed by atoms with van der Waals surface area (Å²) < 4.78 is 60.8. The van der Waals surface area contributed by atoms with Crippen molar-refractivity contribution in [3.8, 4) is 0 Å². The van der Waals surface area contributed by atoms with Crippen molar-refractivity contribution in [1.82, 2.24) is 0 Å². The predicted octanol–water partition coefficient (Wildman–Crippen LogP) is 19.6. The van der Waals surface area contributed by atoms with Crippen LogP contribution < -0.4 is 0 Å². The summed E-state index contributed by atoms with van der Waals surface area (Å²) in [4.78, 5) is 58.3. The lowest BCUT2D eigenvalue weighted by Gasteiger charge is -2.21. The number of unbranched alkanes of at least 4 members (excludes halogenated alkanes) is 25. The van der Waals surface area contributed by atoms with Crippen LogP contribution in [0.2, 0.25) is 0 Å². The van der Waals surface area contributed by atoms with E-state index in [1.54, 1.807) is 0 Å². The first kappa shape index (κ1) is 87.2. The molecule has 0 amide bonds. The quantitative estimate of drug-likeness (QED) is 0.0146. The summed E-state index contributed by atoms with van der Waals surface area (Å²) in [7, 11) is -9.79. The summed E-state index contributed by atoms with van der Waals surface area (Å²) in [6, 6.07) is 0. The number of phosphoric ester groups is 2. The zero-order valence-corrected chi connectivity index (χ0v) is 58.5. The van der Waals surface area contributed by atoms with E-state index in [1.807, 2.05) is 0 Å². The summed E-state index contributed by atoms with van der Waals surface area (Å²) in [6.07, 6.45) is 74.3. The highest BCUT2D eigenvalue weighted by Gasteiger charge is 2.29. The van der Waals surface area contributed by atoms with Gasteiger partial charge in [-0.05, 0) is 128 Å². The molecule has 0 aromatic rings. The van der Waals surface area contributed by atoms with Crippen LogP contribution >= 0.6 is 15.6 Å². The third kappa shape index (κ3) is 67.4. The molecule has 0 saturated carbocycles. The Morgan fingerprint density at radius 2 is 0.560 bits per heavy atom. The Hall–Kier alpha value is -3.79. The van der Waals surface area contributed by atoms with Gasteiger partial charge in [0.2, 0.25) is 0 Å². The molecule has 0 saturated heterocycles. The van der Waals surface area contributed by atoms with Gasteiger partial charge in [0.15, 0.2) is 6.10 Å². The maximum absolute atomic E-state index is 12.9. The second-order valence-corrected chi connectivity index (χ2v) is 26.2. The molecule has 0 aliphatic rings. The van der Waals surface area contributed by atoms with Crippen LogP contribution in [-0.4, -0.2) is 95.9 Å². The molecule has 16 nitrogen and oxygen atoms in total. The molecule has 0 radical (unpaired) electrons. The smallest absolute Gasteiger partial charge is 0.463 e. The molecule has 0 bridgehead atoms. The average Bonchev–Trinajstić information content (AvgIpc) is 3.41. The van der Waals surface area contributed by atoms with Gasteiger partial charge in [0.25, 0.3) is 0 Å². The molecule has 0 fully saturated rings. The van der Waals surface area contributed by atoms with Crippen LogP contribution in [0.3, 0.4) is 0 Å². The maximum Gasteiger partial charge on any atom is 0.472 e. The highest BCUT2D eigenvalue weighted by molar-refractivity contribution is 7.47. The minimum absolute atomic E-state index is 0.0875. The van der Waals surface area contributed by atoms with Crippen LogP contribution in [0, 0.1) is 0 Å². The monoisotopic (exact) mass is 1320 g/mol. The first-order valence-electron chi connectivity index (χ1n) is 35.2. The lowest BCUT2D eigenvalue weighted by atomic mass is 10.1. The van der Waals surface area contributed by atoms with Crippen LogP contribution in [0.15, 0.2) is 109 Å². The number of ether oxygens (including phenoxy) is 3. The zero-order valence-electron chi connectivity index (χ0n) is 56.7. The fourth-order valence-corrected chi connectivity index (χ4v) is 10.6. The zero-order chi connectivity index (χ0) is 66.7. The lowest BCUT2D eigenvalue weighted by molar-refractivity contribution is -0.161. The molecule has 91 heavy (non-hydrogen) atoms. The molecule has 0 spiro atoms. The number of esters is 3. The minimum atomic E-state index is -4.93. The molecular formula is C73H126O16P2. The number of phosphoric acid groups is 2. The lowest BCUT2D eigenvalue weighted by Crippen LogP contribution is -2.30. The van der Waals surface area contributed by atoms with Gasteiger partial charge in [-0.1, -0.05) is 239 Å². The molecule has 0 aliphatic heterocycles. The second kappa shape index (κ2) is 66.2. The van der Waals surface area contributed by atoms with E-state index < -0.39 is 91.5 Å². The summed E-state index contributed by atoms with van der Waals surface area (Å²) >= 11 is 0. The number of aliphatic hydroxyl groups excluding tert-OH is 2. The van der Waals surface area contributed by atoms with Gasteiger partial charge < -0.3 is 34.2 Å². The summed E-state index contributed by atoms with van der Waals surface area (Å²) in [5, 5.41) is 20.5. The maximum atomic E-state index is 12.9. The number of carbonyl (C=O) groups excluding carboxylic acids is 3. The predicted molar refractivity (Wildman–Crippen MR) is 371 cm³/mol. The van der Waals surface area contributed by atoms with E-state index in [1.165, 1.54) is 64.2 Å². The topological polar surface area (TPSA) is 231 Å². The summed E-state index contributed by atoms with van der Waals surface area (Å²) in [5.74, 6) is -1.62. The number of rotatable bonds is 66. The second-order valence-electron chi connectivity index (χ2n) is 23.3. The van der Waals surface area contributed by atoms with Crippen LogP contribution in [0.4, 0.5) is 0 Å². The third-order valence-corrected chi connectivity index (χ3v) is 16.3. The largest absolute Gasteiger partial charge is 0.472 e. The molecule has 0 rings (SSSR count). The average molecular weight is 1320 g/mol. The van der Waals surface area contributed by atoms with Gasteiger partial charge in [0, 0.05) is 19.3 Å². The van der Waals surface area contributed by atoms with E-state index in [9.17, 15) is 43.5 Å². The number of hydrogen-bond acceptors (Lipinski definition) is 14. The van der Waals surface area contributed by atoms with Crippen molar-refractivity contribution in [2.45, 2.75) is 296 Å². The van der Waals surface area contributed by atoms with Crippen molar-refractivity contribution in [2.24, 2.45) is 0 Å². The van der Waals surface area contributed by atoms with Gasteiger partial charge in [-0.2, -0.15) is 0 Å². The Morgan fingerprint density at radius 3 is 0.912 bits per heavy atom. The SMILES string of the molecule is CCCC/C=C\CCCCCCCC(=O)OC(COC(=O)CCCCCCC/C=C\C/C=C\C/C=C\C/C=C\CCCCC)COP(=O)(O)OCC(O)COP(=O)(O)OCC(O)COC(=O)CCCCCCCCC/C=C\C/C=C\C/C=C\C/C=C\CCCCC. The van der Waals surface area contributed by atoms with Crippen LogP contribution in [0.25, 0.3) is 0 Å². The van der Waals surface area contributed by atoms with E-state index in [-0.39, 0.29) is 19.3 Å². The van der Waals surface area contributed by atoms with Crippen molar-refractivity contribution < 1.29 is 75.8 Å². The molecule has 0 heterocycles. The molecule has 0 aromatic carbocycles. The molecule has 5 unspecified atom stereocenters. The van der Waals surface area contributed by atoms with Gasteiger partial charge in [-0.15, -0.1) is 0 Å². The Morgan fingerprint density at radius 1 is 0.308 bits per heavy atom. The normalized spacial score (nSPS) is 14.8. The molecule has 5 atom stereocenters. The van der Waals surface area contributed by atoms with Crippen LogP contribution in [0.5, 0.6) is 0 Å². The van der Waals surface area contributed by atoms with Gasteiger partial charge in [0.1, 0.15) is 25.4 Å². The Balaban J connectivity index is 4.59. The Bertz CT molecular complexity index is 2100. The standard InChI is InChI=1S/C73H126O16P2/c1-4-7-10-13-16-19-22-24-26-28-30-32-33-35-37-38-40-42-45-47-50-53-56-59-71(76)83-62-68(74)63-85-90(79,80)86-64-69(75)65-87-91(81,82)88-67-70(89-73(78)61-58-55-52-49-44-21-18-15-12-9-6-3)66-84-72(77)60-57-54-51-48-46-43-41-39-36-34-31-29-27-25-23-20-17-14-11-8-5-2/h15-20,24-27,30-32,34-35,37,39,41,68-70,74-75H,4-14,21-23,28-29,33,36,38,40,42-67H2,1-3H3,(H,79,80)(H,81,82)/b18-15-,19-16-,20-17-,26-24-,27-25-,32-30-,34-31-,37-35-,41-39-. The van der Waals surface area contributed by atoms with E-state index >= 15 is 0 Å². The minimum Gasteiger partial charge on any atom is -0.463 e. The Kier molecular flexibility index (Phi) is 63.5. The number of allylic oxidation sites excluding steroid dienone is 18. The highest BCUT2D eigenvalue weighted by atomic mass is 31.2. The van der Waals surface area contributed by atoms with E-state index in [2.05, 4.69) is 130 Å². The van der Waals surface area contributed by atoms with E-state index in [0.717, 1.165) is 154 Å². The van der Waals surface area contributed by atoms with Crippen molar-refractivity contribution in [2.75, 3.05) is 39.6 Å². The first-order valence-corrected chi connectivity index (χ1v) is 38.2. The van der Waals surface area contributed by atoms with E-state index in [4.69, 9.17) is 32.3 Å². The van der Waals surface area contributed by atoms with Crippen molar-refractivity contribution in [3.05, 3.63) is 109 Å². The van der Waals surface area contributed by atoms with Gasteiger partial charge in [0.05, 0.1) is 26.4 Å². The molecule has 4 N–H and O–H groups in total. The van der Waals surface area contributed by atoms with Crippen molar-refractivity contribution >= 4 is 33.6 Å². The Labute approximate surface area is 551 Å². The van der Waals surface area contributed by atoms with Crippen molar-refractivity contribution in [3.63, 3.8) is 0 Å². The third-order valence-electron chi connectivity index (χ3n) is 14.4. The summed E-state index contributed by atoms with van der Waals surface area (Å²) in [5.41, 5.74) is 0. The fraction of sp³-hybridized carbons (Fsp3) is 0.712. The number of aliphatic hydroxyl groups is 2. The van der Waals surface area contributed by atoms with Crippen LogP contribution in [-0.2, 0) is 55.8 Å². The first-order chi connectivity index (χ1) is 44.2. The number of hydrogen-bond donors (Lipinski definition) is 4. The highest BCUT2D eigenvalue weighted by Crippen LogP contribution is 2.45. The van der Waals surface area contributed by atoms with Gasteiger partial charge in [-0.25, -0.2) is 9.13 Å². The summed E-state index contributed by atoms with van der Waals surface area (Å²) in [6.45, 7) is 2.52. The molecule has 0 aliphatic carbocycles. The van der Waals surface area contributed by atoms with Crippen molar-refractivity contribution in [1.29, 1.82) is 0 Å². The molecule has 524 valence electrons. The van der Waals surface area contributed by atoms with Crippen LogP contribution in [0.1, 0.15) is 278 Å². The van der Waals surface area contributed by atoms with Gasteiger partial charge in [-0.3, -0.25) is 32.5 Å². The van der Waals surface area contributed by atoms with E-state index in [0.29, 0.717) is 19.3 Å². The van der Waals surface area contributed by atoms with Gasteiger partial charge >= 0.3 is 33.6 Å². The molecular weight excluding hydrogens is 1190 g/mol. The molecule has 18 heteroatoms.